The number of ether oxygens (including phenoxy) is 2. The van der Waals surface area contributed by atoms with Crippen molar-refractivity contribution in [1.82, 2.24) is 15.5 Å². The van der Waals surface area contributed by atoms with Crippen LogP contribution in [0, 0.1) is 0 Å². The molecule has 2 amide bonds. The Morgan fingerprint density at radius 1 is 1.40 bits per heavy atom. The highest BCUT2D eigenvalue weighted by Gasteiger charge is 2.16. The molecule has 7 nitrogen and oxygen atoms in total. The second-order valence-corrected chi connectivity index (χ2v) is 5.93. The van der Waals surface area contributed by atoms with Crippen LogP contribution in [0.25, 0.3) is 0 Å². The Morgan fingerprint density at radius 2 is 2.20 bits per heavy atom. The van der Waals surface area contributed by atoms with Gasteiger partial charge in [-0.1, -0.05) is 12.1 Å². The van der Waals surface area contributed by atoms with Gasteiger partial charge in [0.25, 0.3) is 5.91 Å². The third-order valence-electron chi connectivity index (χ3n) is 3.68. The highest BCUT2D eigenvalue weighted by molar-refractivity contribution is 5.85. The van der Waals surface area contributed by atoms with Gasteiger partial charge in [0.15, 0.2) is 6.61 Å². The van der Waals surface area contributed by atoms with E-state index in [0.717, 1.165) is 12.1 Å². The Kier molecular flexibility index (Phi) is 9.26. The van der Waals surface area contributed by atoms with E-state index in [4.69, 9.17) is 9.47 Å². The van der Waals surface area contributed by atoms with Gasteiger partial charge in [-0.25, -0.2) is 0 Å². The molecule has 140 valence electrons. The van der Waals surface area contributed by atoms with Gasteiger partial charge >= 0.3 is 0 Å². The topological polar surface area (TPSA) is 79.9 Å². The van der Waals surface area contributed by atoms with Crippen LogP contribution in [0.5, 0.6) is 5.75 Å². The summed E-state index contributed by atoms with van der Waals surface area (Å²) in [5.41, 5.74) is 0.922. The quantitative estimate of drug-likeness (QED) is 0.732. The monoisotopic (exact) mass is 371 g/mol. The molecule has 1 unspecified atom stereocenters. The van der Waals surface area contributed by atoms with Crippen LogP contribution in [0.15, 0.2) is 24.3 Å². The Hall–Kier alpha value is -1.83. The van der Waals surface area contributed by atoms with Crippen LogP contribution < -0.4 is 15.4 Å². The van der Waals surface area contributed by atoms with Gasteiger partial charge in [0.2, 0.25) is 5.91 Å². The first kappa shape index (κ1) is 21.2. The highest BCUT2D eigenvalue weighted by Crippen LogP contribution is 2.13. The normalized spacial score (nSPS) is 16.5. The third-order valence-corrected chi connectivity index (χ3v) is 3.68. The summed E-state index contributed by atoms with van der Waals surface area (Å²) in [7, 11) is 3.37. The van der Waals surface area contributed by atoms with E-state index in [1.807, 2.05) is 18.2 Å². The fourth-order valence-electron chi connectivity index (χ4n) is 2.27. The number of carbonyl (C=O) groups excluding carboxylic acids is 2. The minimum Gasteiger partial charge on any atom is -0.484 e. The number of morpholine rings is 1. The van der Waals surface area contributed by atoms with Crippen LogP contribution in [0.2, 0.25) is 0 Å². The van der Waals surface area contributed by atoms with Crippen LogP contribution in [-0.2, 0) is 20.9 Å². The Balaban J connectivity index is 0.00000312. The molecule has 0 aliphatic carbocycles. The van der Waals surface area contributed by atoms with Gasteiger partial charge < -0.3 is 25.0 Å². The summed E-state index contributed by atoms with van der Waals surface area (Å²) in [5.74, 6) is 0.488. The third kappa shape index (κ3) is 7.72. The summed E-state index contributed by atoms with van der Waals surface area (Å²) in [6.07, 6.45) is 0.396. The van der Waals surface area contributed by atoms with Crippen LogP contribution in [0.1, 0.15) is 12.0 Å². The van der Waals surface area contributed by atoms with Gasteiger partial charge in [-0.05, 0) is 17.7 Å². The molecule has 25 heavy (non-hydrogen) atoms. The molecule has 0 spiro atoms. The van der Waals surface area contributed by atoms with Crippen LogP contribution in [0.4, 0.5) is 0 Å². The van der Waals surface area contributed by atoms with E-state index in [0.29, 0.717) is 31.9 Å². The van der Waals surface area contributed by atoms with Gasteiger partial charge in [0.05, 0.1) is 13.2 Å². The number of likely N-dealkylation sites (N-methyl/N-ethyl adjacent to an activating group) is 1. The van der Waals surface area contributed by atoms with Gasteiger partial charge in [-0.3, -0.25) is 9.59 Å². The van der Waals surface area contributed by atoms with Crippen molar-refractivity contribution in [3.63, 3.8) is 0 Å². The minimum absolute atomic E-state index is 0. The molecule has 1 fully saturated rings. The fourth-order valence-corrected chi connectivity index (χ4v) is 2.27. The van der Waals surface area contributed by atoms with Crippen molar-refractivity contribution in [2.45, 2.75) is 19.0 Å². The van der Waals surface area contributed by atoms with E-state index in [2.05, 4.69) is 10.6 Å². The molecule has 1 aliphatic rings. The standard InChI is InChI=1S/C17H25N3O4.ClH/c1-20(2)17(22)12-24-15-5-3-4-13(8-15)10-19-16(21)9-14-11-23-7-6-18-14;/h3-5,8,14,18H,6-7,9-12H2,1-2H3,(H,19,21);1H. The summed E-state index contributed by atoms with van der Waals surface area (Å²) in [6, 6.07) is 7.43. The van der Waals surface area contributed by atoms with Crippen molar-refractivity contribution >= 4 is 24.2 Å². The van der Waals surface area contributed by atoms with Gasteiger partial charge in [0.1, 0.15) is 5.75 Å². The Bertz CT molecular complexity index is 563. The first-order valence-electron chi connectivity index (χ1n) is 8.04. The average Bonchev–Trinajstić information content (AvgIpc) is 2.59. The first-order chi connectivity index (χ1) is 11.5. The predicted octanol–water partition coefficient (Wildman–Crippen LogP) is 0.570. The molecular formula is C17H26ClN3O4. The molecule has 1 aliphatic heterocycles. The lowest BCUT2D eigenvalue weighted by Crippen LogP contribution is -2.44. The maximum absolute atomic E-state index is 12.0. The highest BCUT2D eigenvalue weighted by atomic mass is 35.5. The molecule has 0 saturated carbocycles. The lowest BCUT2D eigenvalue weighted by molar-refractivity contribution is -0.130. The van der Waals surface area contributed by atoms with E-state index in [9.17, 15) is 9.59 Å². The van der Waals surface area contributed by atoms with Crippen LogP contribution in [0.3, 0.4) is 0 Å². The molecule has 0 bridgehead atoms. The van der Waals surface area contributed by atoms with E-state index >= 15 is 0 Å². The molecular weight excluding hydrogens is 346 g/mol. The van der Waals surface area contributed by atoms with Crippen molar-refractivity contribution in [3.05, 3.63) is 29.8 Å². The number of benzene rings is 1. The number of carbonyl (C=O) groups is 2. The molecule has 1 aromatic rings. The van der Waals surface area contributed by atoms with Crippen molar-refractivity contribution in [2.24, 2.45) is 0 Å². The SMILES string of the molecule is CN(C)C(=O)COc1cccc(CNC(=O)CC2COCCN2)c1.Cl. The maximum Gasteiger partial charge on any atom is 0.259 e. The van der Waals surface area contributed by atoms with E-state index in [1.54, 1.807) is 20.2 Å². The van der Waals surface area contributed by atoms with E-state index in [-0.39, 0.29) is 36.9 Å². The van der Waals surface area contributed by atoms with Gasteiger partial charge in [-0.2, -0.15) is 0 Å². The molecule has 8 heteroatoms. The van der Waals surface area contributed by atoms with Crippen molar-refractivity contribution < 1.29 is 19.1 Å². The largest absolute Gasteiger partial charge is 0.484 e. The lowest BCUT2D eigenvalue weighted by atomic mass is 10.1. The smallest absolute Gasteiger partial charge is 0.259 e. The Labute approximate surface area is 154 Å². The maximum atomic E-state index is 12.0. The molecule has 0 radical (unpaired) electrons. The number of rotatable bonds is 7. The average molecular weight is 372 g/mol. The summed E-state index contributed by atoms with van der Waals surface area (Å²) in [5, 5.41) is 6.14. The zero-order valence-corrected chi connectivity index (χ0v) is 15.4. The van der Waals surface area contributed by atoms with Crippen LogP contribution in [-0.4, -0.2) is 63.2 Å². The van der Waals surface area contributed by atoms with Gasteiger partial charge in [-0.15, -0.1) is 12.4 Å². The Morgan fingerprint density at radius 3 is 2.88 bits per heavy atom. The summed E-state index contributed by atoms with van der Waals surface area (Å²) >= 11 is 0. The minimum atomic E-state index is -0.101. The first-order valence-corrected chi connectivity index (χ1v) is 8.04. The number of nitrogens with one attached hydrogen (secondary N) is 2. The molecule has 0 aromatic heterocycles. The number of hydrogen-bond donors (Lipinski definition) is 2. The molecule has 1 saturated heterocycles. The fraction of sp³-hybridized carbons (Fsp3) is 0.529. The summed E-state index contributed by atoms with van der Waals surface area (Å²) in [4.78, 5) is 25.0. The van der Waals surface area contributed by atoms with Crippen molar-refractivity contribution in [3.8, 4) is 5.75 Å². The molecule has 2 rings (SSSR count). The van der Waals surface area contributed by atoms with Crippen LogP contribution >= 0.6 is 12.4 Å². The molecule has 1 aromatic carbocycles. The van der Waals surface area contributed by atoms with Crippen molar-refractivity contribution in [1.29, 1.82) is 0 Å². The van der Waals surface area contributed by atoms with E-state index < -0.39 is 0 Å². The molecule has 2 N–H and O–H groups in total. The second kappa shape index (κ2) is 10.9. The van der Waals surface area contributed by atoms with Crippen molar-refractivity contribution in [2.75, 3.05) is 40.5 Å². The second-order valence-electron chi connectivity index (χ2n) is 5.93. The number of hydrogen-bond acceptors (Lipinski definition) is 5. The molecule has 1 heterocycles. The zero-order valence-electron chi connectivity index (χ0n) is 14.6. The zero-order chi connectivity index (χ0) is 17.4. The number of amides is 2. The summed E-state index contributed by atoms with van der Waals surface area (Å²) in [6.45, 7) is 2.46. The van der Waals surface area contributed by atoms with Gasteiger partial charge in [0, 0.05) is 39.6 Å². The summed E-state index contributed by atoms with van der Waals surface area (Å²) < 4.78 is 10.8. The lowest BCUT2D eigenvalue weighted by Gasteiger charge is -2.23. The predicted molar refractivity (Wildman–Crippen MR) is 97.0 cm³/mol. The number of nitrogens with zero attached hydrogens (tertiary/aromatic N) is 1. The number of halogens is 1. The molecule has 1 atom stereocenters. The van der Waals surface area contributed by atoms with E-state index in [1.165, 1.54) is 4.90 Å².